The van der Waals surface area contributed by atoms with Crippen molar-refractivity contribution in [1.29, 1.82) is 0 Å². The van der Waals surface area contributed by atoms with Crippen LogP contribution in [0.2, 0.25) is 0 Å². The highest BCUT2D eigenvalue weighted by atomic mass is 35.5. The van der Waals surface area contributed by atoms with E-state index >= 15 is 0 Å². The minimum atomic E-state index is 0. The molecule has 1 fully saturated rings. The van der Waals surface area contributed by atoms with Crippen molar-refractivity contribution in [2.24, 2.45) is 0 Å². The maximum absolute atomic E-state index is 3.98. The molecule has 1 saturated heterocycles. The first-order valence-electron chi connectivity index (χ1n) is 4.82. The lowest BCUT2D eigenvalue weighted by molar-refractivity contribution is 0.480. The number of nitrogens with zero attached hydrogens (tertiary/aromatic N) is 1. The van der Waals surface area contributed by atoms with Gasteiger partial charge in [0.1, 0.15) is 0 Å². The van der Waals surface area contributed by atoms with Gasteiger partial charge < -0.3 is 10.6 Å². The van der Waals surface area contributed by atoms with Crippen molar-refractivity contribution in [2.45, 2.75) is 18.9 Å². The van der Waals surface area contributed by atoms with E-state index in [-0.39, 0.29) is 24.8 Å². The largest absolute Gasteiger partial charge is 0.381 e. The van der Waals surface area contributed by atoms with E-state index in [9.17, 15) is 0 Å². The van der Waals surface area contributed by atoms with Crippen LogP contribution in [-0.4, -0.2) is 24.1 Å². The molecule has 2 heterocycles. The second-order valence-corrected chi connectivity index (χ2v) is 3.42. The van der Waals surface area contributed by atoms with E-state index < -0.39 is 0 Å². The maximum Gasteiger partial charge on any atom is 0.0386 e. The van der Waals surface area contributed by atoms with Gasteiger partial charge in [0.2, 0.25) is 0 Å². The number of pyridine rings is 1. The molecule has 0 unspecified atom stereocenters. The average Bonchev–Trinajstić information content (AvgIpc) is 2.21. The van der Waals surface area contributed by atoms with Crippen LogP contribution in [0.5, 0.6) is 0 Å². The fraction of sp³-hybridized carbons (Fsp3) is 0.500. The minimum Gasteiger partial charge on any atom is -0.381 e. The fourth-order valence-electron chi connectivity index (χ4n) is 1.66. The van der Waals surface area contributed by atoms with Crippen molar-refractivity contribution < 1.29 is 0 Å². The van der Waals surface area contributed by atoms with Gasteiger partial charge in [0.05, 0.1) is 0 Å². The van der Waals surface area contributed by atoms with E-state index in [1.165, 1.54) is 18.5 Å². The second kappa shape index (κ2) is 7.74. The molecule has 5 heteroatoms. The van der Waals surface area contributed by atoms with Crippen molar-refractivity contribution in [3.05, 3.63) is 24.5 Å². The lowest BCUT2D eigenvalue weighted by Crippen LogP contribution is -2.38. The molecule has 2 N–H and O–H groups in total. The Balaban J connectivity index is 0.000000980. The molecule has 0 saturated carbocycles. The molecule has 1 aliphatic rings. The lowest BCUT2D eigenvalue weighted by atomic mass is 10.1. The topological polar surface area (TPSA) is 37.0 Å². The van der Waals surface area contributed by atoms with Crippen LogP contribution in [-0.2, 0) is 0 Å². The number of hydrogen-bond donors (Lipinski definition) is 2. The van der Waals surface area contributed by atoms with E-state index in [2.05, 4.69) is 15.6 Å². The number of aromatic nitrogens is 1. The van der Waals surface area contributed by atoms with Crippen LogP contribution in [0.15, 0.2) is 24.5 Å². The van der Waals surface area contributed by atoms with Crippen LogP contribution in [0.1, 0.15) is 12.8 Å². The molecule has 0 aliphatic carbocycles. The number of hydrogen-bond acceptors (Lipinski definition) is 3. The molecule has 1 aromatic rings. The summed E-state index contributed by atoms with van der Waals surface area (Å²) in [4.78, 5) is 3.98. The molecule has 86 valence electrons. The standard InChI is InChI=1S/C10H15N3.2ClH/c1-2-10(8-12-5-1)13-9-3-6-11-7-4-9;;/h3-4,6-7,10,12H,1-2,5,8H2,(H,11,13);2*1H/t10-;;/m1../s1. The second-order valence-electron chi connectivity index (χ2n) is 3.42. The quantitative estimate of drug-likeness (QED) is 0.843. The maximum atomic E-state index is 3.98. The van der Waals surface area contributed by atoms with Gasteiger partial charge in [-0.25, -0.2) is 0 Å². The van der Waals surface area contributed by atoms with Crippen LogP contribution < -0.4 is 10.6 Å². The third-order valence-electron chi connectivity index (χ3n) is 2.35. The molecule has 1 aliphatic heterocycles. The van der Waals surface area contributed by atoms with Gasteiger partial charge in [0, 0.05) is 30.7 Å². The van der Waals surface area contributed by atoms with Gasteiger partial charge in [-0.15, -0.1) is 24.8 Å². The first kappa shape index (κ1) is 14.5. The molecule has 1 atom stereocenters. The molecule has 2 rings (SSSR count). The molecule has 0 amide bonds. The zero-order valence-corrected chi connectivity index (χ0v) is 10.1. The number of nitrogens with one attached hydrogen (secondary N) is 2. The lowest BCUT2D eigenvalue weighted by Gasteiger charge is -2.24. The van der Waals surface area contributed by atoms with Gasteiger partial charge in [-0.2, -0.15) is 0 Å². The molecular weight excluding hydrogens is 233 g/mol. The Bertz CT molecular complexity index is 250. The Hall–Kier alpha value is -0.510. The molecular formula is C10H17Cl2N3. The van der Waals surface area contributed by atoms with Gasteiger partial charge in [0.25, 0.3) is 0 Å². The highest BCUT2D eigenvalue weighted by Crippen LogP contribution is 2.10. The van der Waals surface area contributed by atoms with Gasteiger partial charge in [-0.1, -0.05) is 0 Å². The summed E-state index contributed by atoms with van der Waals surface area (Å²) in [5.74, 6) is 0. The van der Waals surface area contributed by atoms with Crippen LogP contribution in [0.3, 0.4) is 0 Å². The summed E-state index contributed by atoms with van der Waals surface area (Å²) in [6.07, 6.45) is 6.16. The first-order chi connectivity index (χ1) is 6.45. The summed E-state index contributed by atoms with van der Waals surface area (Å²) in [6.45, 7) is 2.23. The predicted molar refractivity (Wildman–Crippen MR) is 68.2 cm³/mol. The van der Waals surface area contributed by atoms with E-state index in [4.69, 9.17) is 0 Å². The van der Waals surface area contributed by atoms with Crippen molar-refractivity contribution in [3.63, 3.8) is 0 Å². The highest BCUT2D eigenvalue weighted by Gasteiger charge is 2.11. The van der Waals surface area contributed by atoms with E-state index in [1.54, 1.807) is 0 Å². The predicted octanol–water partition coefficient (Wildman–Crippen LogP) is 2.09. The van der Waals surface area contributed by atoms with Gasteiger partial charge in [0.15, 0.2) is 0 Å². The van der Waals surface area contributed by atoms with Crippen LogP contribution in [0.4, 0.5) is 5.69 Å². The van der Waals surface area contributed by atoms with Crippen molar-refractivity contribution >= 4 is 30.5 Å². The summed E-state index contributed by atoms with van der Waals surface area (Å²) in [5.41, 5.74) is 1.17. The summed E-state index contributed by atoms with van der Waals surface area (Å²) in [7, 11) is 0. The normalized spacial score (nSPS) is 19.6. The Morgan fingerprint density at radius 3 is 2.60 bits per heavy atom. The number of rotatable bonds is 2. The molecule has 0 aromatic carbocycles. The Labute approximate surface area is 103 Å². The molecule has 1 aromatic heterocycles. The number of halogens is 2. The number of piperidine rings is 1. The zero-order valence-electron chi connectivity index (χ0n) is 8.48. The van der Waals surface area contributed by atoms with E-state index in [0.717, 1.165) is 13.1 Å². The average molecular weight is 250 g/mol. The summed E-state index contributed by atoms with van der Waals surface area (Å²) >= 11 is 0. The minimum absolute atomic E-state index is 0. The van der Waals surface area contributed by atoms with Crippen LogP contribution in [0, 0.1) is 0 Å². The van der Waals surface area contributed by atoms with E-state index in [1.807, 2.05) is 24.5 Å². The monoisotopic (exact) mass is 249 g/mol. The number of anilines is 1. The molecule has 15 heavy (non-hydrogen) atoms. The van der Waals surface area contributed by atoms with Gasteiger partial charge in [-0.05, 0) is 31.5 Å². The fourth-order valence-corrected chi connectivity index (χ4v) is 1.66. The van der Waals surface area contributed by atoms with Crippen molar-refractivity contribution in [2.75, 3.05) is 18.4 Å². The summed E-state index contributed by atoms with van der Waals surface area (Å²) in [6, 6.07) is 4.60. The Morgan fingerprint density at radius 1 is 1.27 bits per heavy atom. The van der Waals surface area contributed by atoms with Crippen LogP contribution in [0.25, 0.3) is 0 Å². The van der Waals surface area contributed by atoms with Crippen molar-refractivity contribution in [3.8, 4) is 0 Å². The summed E-state index contributed by atoms with van der Waals surface area (Å²) < 4.78 is 0. The molecule has 0 bridgehead atoms. The molecule has 0 spiro atoms. The Kier molecular flexibility index (Phi) is 7.48. The van der Waals surface area contributed by atoms with E-state index in [0.29, 0.717) is 6.04 Å². The third-order valence-corrected chi connectivity index (χ3v) is 2.35. The Morgan fingerprint density at radius 2 is 2.00 bits per heavy atom. The zero-order chi connectivity index (χ0) is 8.93. The SMILES string of the molecule is Cl.Cl.c1cc(N[C@@H]2CCCNC2)ccn1. The third kappa shape index (κ3) is 4.69. The van der Waals surface area contributed by atoms with Gasteiger partial charge >= 0.3 is 0 Å². The first-order valence-corrected chi connectivity index (χ1v) is 4.82. The smallest absolute Gasteiger partial charge is 0.0386 e. The van der Waals surface area contributed by atoms with Gasteiger partial charge in [-0.3, -0.25) is 4.98 Å². The van der Waals surface area contributed by atoms with Crippen molar-refractivity contribution in [1.82, 2.24) is 10.3 Å². The highest BCUT2D eigenvalue weighted by molar-refractivity contribution is 5.85. The molecule has 3 nitrogen and oxygen atoms in total. The van der Waals surface area contributed by atoms with Crippen LogP contribution >= 0.6 is 24.8 Å². The summed E-state index contributed by atoms with van der Waals surface area (Å²) in [5, 5.41) is 6.86. The molecule has 0 radical (unpaired) electrons.